The van der Waals surface area contributed by atoms with Crippen LogP contribution < -0.4 is 4.90 Å². The summed E-state index contributed by atoms with van der Waals surface area (Å²) in [5, 5.41) is 0.948. The molecule has 2 aliphatic rings. The van der Waals surface area contributed by atoms with Gasteiger partial charge in [0, 0.05) is 43.7 Å². The van der Waals surface area contributed by atoms with Crippen molar-refractivity contribution in [1.29, 1.82) is 0 Å². The lowest BCUT2D eigenvalue weighted by Gasteiger charge is -2.37. The fraction of sp³-hybridized carbons (Fsp3) is 0.625. The van der Waals surface area contributed by atoms with Gasteiger partial charge in [-0.15, -0.1) is 0 Å². The fourth-order valence-electron chi connectivity index (χ4n) is 2.99. The predicted octanol–water partition coefficient (Wildman–Crippen LogP) is 3.42. The monoisotopic (exact) mass is 322 g/mol. The molecule has 2 fully saturated rings. The number of aryl methyl sites for hydroxylation is 1. The van der Waals surface area contributed by atoms with Crippen LogP contribution >= 0.6 is 15.9 Å². The molecule has 2 nitrogen and oxygen atoms in total. The summed E-state index contributed by atoms with van der Waals surface area (Å²) in [6.07, 6.45) is 2.93. The van der Waals surface area contributed by atoms with Crippen molar-refractivity contribution in [1.82, 2.24) is 4.90 Å². The number of halogens is 1. The Hall–Kier alpha value is -0.540. The highest BCUT2D eigenvalue weighted by atomic mass is 79.9. The maximum atomic E-state index is 3.53. The Labute approximate surface area is 124 Å². The molecular weight excluding hydrogens is 300 g/mol. The molecule has 0 N–H and O–H groups in total. The number of piperazine rings is 1. The third kappa shape index (κ3) is 3.32. The maximum absolute atomic E-state index is 3.53. The molecule has 0 bridgehead atoms. The van der Waals surface area contributed by atoms with Crippen molar-refractivity contribution in [3.05, 3.63) is 29.3 Å². The number of anilines is 1. The van der Waals surface area contributed by atoms with E-state index in [0.717, 1.165) is 11.2 Å². The van der Waals surface area contributed by atoms with Crippen LogP contribution in [0.2, 0.25) is 0 Å². The highest BCUT2D eigenvalue weighted by Gasteiger charge is 2.26. The number of nitrogens with zero attached hydrogens (tertiary/aromatic N) is 2. The summed E-state index contributed by atoms with van der Waals surface area (Å²) in [5.74, 6) is 1.02. The Kier molecular flexibility index (Phi) is 4.13. The second-order valence-corrected chi connectivity index (χ2v) is 6.55. The van der Waals surface area contributed by atoms with Gasteiger partial charge >= 0.3 is 0 Å². The van der Waals surface area contributed by atoms with E-state index in [4.69, 9.17) is 0 Å². The molecule has 1 aromatic carbocycles. The Morgan fingerprint density at radius 2 is 1.89 bits per heavy atom. The SMILES string of the molecule is Cc1cc(CBr)ccc1N1CCN(CC2CC2)CC1. The van der Waals surface area contributed by atoms with E-state index in [2.05, 4.69) is 50.9 Å². The first-order chi connectivity index (χ1) is 9.26. The van der Waals surface area contributed by atoms with Gasteiger partial charge in [-0.2, -0.15) is 0 Å². The van der Waals surface area contributed by atoms with E-state index in [0.29, 0.717) is 0 Å². The summed E-state index contributed by atoms with van der Waals surface area (Å²) in [4.78, 5) is 5.20. The third-order valence-corrected chi connectivity index (χ3v) is 4.99. The van der Waals surface area contributed by atoms with E-state index in [9.17, 15) is 0 Å². The minimum absolute atomic E-state index is 0.948. The summed E-state index contributed by atoms with van der Waals surface area (Å²) in [5.41, 5.74) is 4.21. The van der Waals surface area contributed by atoms with Crippen LogP contribution in [-0.2, 0) is 5.33 Å². The summed E-state index contributed by atoms with van der Waals surface area (Å²) in [6.45, 7) is 8.40. The lowest BCUT2D eigenvalue weighted by atomic mass is 10.1. The zero-order valence-electron chi connectivity index (χ0n) is 11.7. The first kappa shape index (κ1) is 13.4. The van der Waals surface area contributed by atoms with E-state index < -0.39 is 0 Å². The van der Waals surface area contributed by atoms with Crippen molar-refractivity contribution in [3.8, 4) is 0 Å². The van der Waals surface area contributed by atoms with Crippen LogP contribution in [0, 0.1) is 12.8 Å². The fourth-order valence-corrected chi connectivity index (χ4v) is 3.34. The average Bonchev–Trinajstić information content (AvgIpc) is 3.24. The Morgan fingerprint density at radius 3 is 2.47 bits per heavy atom. The highest BCUT2D eigenvalue weighted by Crippen LogP contribution is 2.30. The number of rotatable bonds is 4. The molecule has 1 saturated carbocycles. The molecule has 19 heavy (non-hydrogen) atoms. The molecule has 0 radical (unpaired) electrons. The highest BCUT2D eigenvalue weighted by molar-refractivity contribution is 9.08. The van der Waals surface area contributed by atoms with E-state index in [-0.39, 0.29) is 0 Å². The molecular formula is C16H23BrN2. The van der Waals surface area contributed by atoms with E-state index in [1.165, 1.54) is 62.4 Å². The minimum Gasteiger partial charge on any atom is -0.369 e. The van der Waals surface area contributed by atoms with E-state index >= 15 is 0 Å². The molecule has 1 saturated heterocycles. The average molecular weight is 323 g/mol. The second kappa shape index (κ2) is 5.84. The quantitative estimate of drug-likeness (QED) is 0.784. The molecule has 3 heteroatoms. The summed E-state index contributed by atoms with van der Waals surface area (Å²) < 4.78 is 0. The molecule has 104 valence electrons. The first-order valence-corrected chi connectivity index (χ1v) is 8.51. The standard InChI is InChI=1S/C16H23BrN2/c1-13-10-15(11-17)4-5-16(13)19-8-6-18(7-9-19)12-14-2-3-14/h4-5,10,14H,2-3,6-9,11-12H2,1H3. The van der Waals surface area contributed by atoms with Crippen LogP contribution in [0.5, 0.6) is 0 Å². The molecule has 1 aliphatic heterocycles. The molecule has 0 aromatic heterocycles. The van der Waals surface area contributed by atoms with Crippen LogP contribution in [0.3, 0.4) is 0 Å². The van der Waals surface area contributed by atoms with Crippen molar-refractivity contribution >= 4 is 21.6 Å². The molecule has 3 rings (SSSR count). The normalized spacial score (nSPS) is 20.8. The predicted molar refractivity (Wildman–Crippen MR) is 85.2 cm³/mol. The molecule has 0 amide bonds. The lowest BCUT2D eigenvalue weighted by Crippen LogP contribution is -2.47. The van der Waals surface area contributed by atoms with Crippen molar-refractivity contribution in [2.75, 3.05) is 37.6 Å². The van der Waals surface area contributed by atoms with Gasteiger partial charge in [0.1, 0.15) is 0 Å². The Bertz CT molecular complexity index is 434. The van der Waals surface area contributed by atoms with Gasteiger partial charge in [0.25, 0.3) is 0 Å². The minimum atomic E-state index is 0.948. The topological polar surface area (TPSA) is 6.48 Å². The third-order valence-electron chi connectivity index (χ3n) is 4.34. The molecule has 1 heterocycles. The van der Waals surface area contributed by atoms with Gasteiger partial charge in [-0.25, -0.2) is 0 Å². The van der Waals surface area contributed by atoms with Crippen molar-refractivity contribution < 1.29 is 0 Å². The van der Waals surface area contributed by atoms with Crippen molar-refractivity contribution in [2.45, 2.75) is 25.1 Å². The maximum Gasteiger partial charge on any atom is 0.0397 e. The zero-order valence-corrected chi connectivity index (χ0v) is 13.3. The summed E-state index contributed by atoms with van der Waals surface area (Å²) in [6, 6.07) is 6.84. The number of hydrogen-bond donors (Lipinski definition) is 0. The Morgan fingerprint density at radius 1 is 1.16 bits per heavy atom. The van der Waals surface area contributed by atoms with E-state index in [1.54, 1.807) is 0 Å². The van der Waals surface area contributed by atoms with Gasteiger partial charge < -0.3 is 4.90 Å². The van der Waals surface area contributed by atoms with Gasteiger partial charge in [-0.1, -0.05) is 28.1 Å². The summed E-state index contributed by atoms with van der Waals surface area (Å²) >= 11 is 3.53. The summed E-state index contributed by atoms with van der Waals surface area (Å²) in [7, 11) is 0. The van der Waals surface area contributed by atoms with Gasteiger partial charge in [0.2, 0.25) is 0 Å². The van der Waals surface area contributed by atoms with E-state index in [1.807, 2.05) is 0 Å². The van der Waals surface area contributed by atoms with Crippen LogP contribution in [0.25, 0.3) is 0 Å². The number of benzene rings is 1. The van der Waals surface area contributed by atoms with Crippen molar-refractivity contribution in [3.63, 3.8) is 0 Å². The number of hydrogen-bond acceptors (Lipinski definition) is 2. The zero-order chi connectivity index (χ0) is 13.2. The first-order valence-electron chi connectivity index (χ1n) is 7.39. The van der Waals surface area contributed by atoms with Crippen molar-refractivity contribution in [2.24, 2.45) is 5.92 Å². The van der Waals surface area contributed by atoms with Gasteiger partial charge in [0.05, 0.1) is 0 Å². The van der Waals surface area contributed by atoms with Gasteiger partial charge in [0.15, 0.2) is 0 Å². The molecule has 0 spiro atoms. The van der Waals surface area contributed by atoms with Crippen LogP contribution in [-0.4, -0.2) is 37.6 Å². The van der Waals surface area contributed by atoms with Crippen LogP contribution in [0.1, 0.15) is 24.0 Å². The second-order valence-electron chi connectivity index (χ2n) is 5.99. The molecule has 0 unspecified atom stereocenters. The van der Waals surface area contributed by atoms with Crippen LogP contribution in [0.4, 0.5) is 5.69 Å². The van der Waals surface area contributed by atoms with Crippen LogP contribution in [0.15, 0.2) is 18.2 Å². The lowest BCUT2D eigenvalue weighted by molar-refractivity contribution is 0.248. The molecule has 0 atom stereocenters. The van der Waals surface area contributed by atoms with Gasteiger partial charge in [-0.3, -0.25) is 4.90 Å². The molecule has 1 aromatic rings. The Balaban J connectivity index is 1.60. The number of alkyl halides is 1. The molecule has 1 aliphatic carbocycles. The van der Waals surface area contributed by atoms with Gasteiger partial charge in [-0.05, 0) is 42.9 Å². The smallest absolute Gasteiger partial charge is 0.0397 e. The largest absolute Gasteiger partial charge is 0.369 e.